The van der Waals surface area contributed by atoms with E-state index in [0.717, 1.165) is 4.90 Å². The molecule has 0 aliphatic rings. The third-order valence-electron chi connectivity index (χ3n) is 0.646. The molecular weight excluding hydrogens is 166 g/mol. The molecule has 0 radical (unpaired) electrons. The van der Waals surface area contributed by atoms with E-state index in [0.29, 0.717) is 0 Å². The van der Waals surface area contributed by atoms with E-state index < -0.39 is 0 Å². The van der Waals surface area contributed by atoms with Crippen LogP contribution in [0.4, 0.5) is 0 Å². The van der Waals surface area contributed by atoms with Gasteiger partial charge in [-0.15, -0.1) is 12.6 Å². The third kappa shape index (κ3) is 12.2. The summed E-state index contributed by atoms with van der Waals surface area (Å²) < 4.78 is 0. The Morgan fingerprint density at radius 1 is 1.17 bits per heavy atom. The summed E-state index contributed by atoms with van der Waals surface area (Å²) >= 11 is 4.02. The molecule has 0 N–H and O–H groups in total. The molecule has 0 amide bonds. The van der Waals surface area contributed by atoms with Crippen LogP contribution in [0.3, 0.4) is 0 Å². The number of thiol groups is 1. The number of aromatic nitrogens is 1. The van der Waals surface area contributed by atoms with E-state index in [2.05, 4.69) is 17.6 Å². The van der Waals surface area contributed by atoms with E-state index >= 15 is 0 Å². The quantitative estimate of drug-likeness (QED) is 0.604. The lowest BCUT2D eigenvalue weighted by atomic mass is 10.5. The summed E-state index contributed by atoms with van der Waals surface area (Å²) in [7, 11) is 0. The number of hydrogen-bond acceptors (Lipinski definition) is 2. The molecule has 0 aliphatic heterocycles. The van der Waals surface area contributed by atoms with Crippen molar-refractivity contribution in [1.82, 2.24) is 4.98 Å². The molecule has 0 aromatic carbocycles. The van der Waals surface area contributed by atoms with Gasteiger partial charge in [-0.3, -0.25) is 4.98 Å². The Kier molecular flexibility index (Phi) is 24.6. The van der Waals surface area contributed by atoms with Crippen LogP contribution in [0, 0.1) is 0 Å². The zero-order valence-corrected chi connectivity index (χ0v) is 8.60. The SMILES string of the molecule is C.CC.CC.Sc1cccnc1. The van der Waals surface area contributed by atoms with Crippen LogP contribution in [0.25, 0.3) is 0 Å². The van der Waals surface area contributed by atoms with Gasteiger partial charge in [-0.1, -0.05) is 35.1 Å². The standard InChI is InChI=1S/C5H5NS.2C2H6.CH4/c7-5-2-1-3-6-4-5;2*1-2;/h1-4,7H;2*1-2H3;1H4. The Balaban J connectivity index is -0.000000144. The summed E-state index contributed by atoms with van der Waals surface area (Å²) in [6.07, 6.45) is 3.42. The van der Waals surface area contributed by atoms with Crippen molar-refractivity contribution in [3.05, 3.63) is 24.5 Å². The van der Waals surface area contributed by atoms with Gasteiger partial charge in [0.15, 0.2) is 0 Å². The first kappa shape index (κ1) is 17.5. The fourth-order valence-electron chi connectivity index (χ4n) is 0.354. The summed E-state index contributed by atoms with van der Waals surface area (Å²) in [5.74, 6) is 0. The average Bonchev–Trinajstić information content (AvgIpc) is 2.13. The largest absolute Gasteiger partial charge is 0.264 e. The molecule has 0 saturated carbocycles. The van der Waals surface area contributed by atoms with Crippen LogP contribution in [0.5, 0.6) is 0 Å². The summed E-state index contributed by atoms with van der Waals surface area (Å²) in [4.78, 5) is 4.71. The van der Waals surface area contributed by atoms with Gasteiger partial charge in [-0.05, 0) is 12.1 Å². The highest BCUT2D eigenvalue weighted by Gasteiger charge is 1.74. The summed E-state index contributed by atoms with van der Waals surface area (Å²) in [5.41, 5.74) is 0. The highest BCUT2D eigenvalue weighted by atomic mass is 32.1. The third-order valence-corrected chi connectivity index (χ3v) is 0.910. The van der Waals surface area contributed by atoms with Crippen LogP contribution in [-0.2, 0) is 0 Å². The van der Waals surface area contributed by atoms with Crippen molar-refractivity contribution in [1.29, 1.82) is 0 Å². The first-order valence-electron chi connectivity index (χ1n) is 3.98. The predicted octanol–water partition coefficient (Wildman–Crippen LogP) is 4.06. The maximum atomic E-state index is 4.02. The zero-order chi connectivity index (χ0) is 9.11. The lowest BCUT2D eigenvalue weighted by Gasteiger charge is -1.81. The average molecular weight is 187 g/mol. The van der Waals surface area contributed by atoms with Crippen LogP contribution < -0.4 is 0 Å². The van der Waals surface area contributed by atoms with Crippen molar-refractivity contribution in [3.8, 4) is 0 Å². The lowest BCUT2D eigenvalue weighted by Crippen LogP contribution is -1.65. The van der Waals surface area contributed by atoms with E-state index in [1.165, 1.54) is 0 Å². The van der Waals surface area contributed by atoms with Crippen LogP contribution in [0.2, 0.25) is 0 Å². The predicted molar refractivity (Wildman–Crippen MR) is 60.9 cm³/mol. The van der Waals surface area contributed by atoms with E-state index in [-0.39, 0.29) is 7.43 Å². The highest BCUT2D eigenvalue weighted by Crippen LogP contribution is 1.98. The molecule has 0 saturated heterocycles. The smallest absolute Gasteiger partial charge is 0.0401 e. The van der Waals surface area contributed by atoms with Gasteiger partial charge in [0.2, 0.25) is 0 Å². The van der Waals surface area contributed by atoms with E-state index in [9.17, 15) is 0 Å². The van der Waals surface area contributed by atoms with Crippen molar-refractivity contribution in [2.24, 2.45) is 0 Å². The van der Waals surface area contributed by atoms with Crippen molar-refractivity contribution in [3.63, 3.8) is 0 Å². The first-order valence-corrected chi connectivity index (χ1v) is 4.43. The molecule has 1 nitrogen and oxygen atoms in total. The maximum Gasteiger partial charge on any atom is 0.0401 e. The molecule has 0 unspecified atom stereocenters. The molecule has 12 heavy (non-hydrogen) atoms. The fourth-order valence-corrected chi connectivity index (χ4v) is 0.506. The van der Waals surface area contributed by atoms with Crippen molar-refractivity contribution in [2.75, 3.05) is 0 Å². The number of pyridine rings is 1. The summed E-state index contributed by atoms with van der Waals surface area (Å²) in [6, 6.07) is 3.73. The summed E-state index contributed by atoms with van der Waals surface area (Å²) in [5, 5.41) is 0. The van der Waals surface area contributed by atoms with Crippen LogP contribution in [0.1, 0.15) is 35.1 Å². The molecule has 72 valence electrons. The molecule has 1 rings (SSSR count). The highest BCUT2D eigenvalue weighted by molar-refractivity contribution is 7.80. The van der Waals surface area contributed by atoms with E-state index in [1.54, 1.807) is 12.4 Å². The van der Waals surface area contributed by atoms with Gasteiger partial charge in [0.05, 0.1) is 0 Å². The molecule has 1 aromatic heterocycles. The van der Waals surface area contributed by atoms with Gasteiger partial charge >= 0.3 is 0 Å². The number of rotatable bonds is 0. The molecule has 0 bridgehead atoms. The summed E-state index contributed by atoms with van der Waals surface area (Å²) in [6.45, 7) is 8.00. The molecular formula is C10H21NS. The number of nitrogens with zero attached hydrogens (tertiary/aromatic N) is 1. The minimum Gasteiger partial charge on any atom is -0.264 e. The van der Waals surface area contributed by atoms with Crippen molar-refractivity contribution in [2.45, 2.75) is 40.0 Å². The Hall–Kier alpha value is -0.500. The van der Waals surface area contributed by atoms with Gasteiger partial charge in [0.25, 0.3) is 0 Å². The normalized spacial score (nSPS) is 6.08. The molecule has 0 fully saturated rings. The van der Waals surface area contributed by atoms with Gasteiger partial charge in [0, 0.05) is 17.3 Å². The molecule has 0 aliphatic carbocycles. The first-order chi connectivity index (χ1) is 5.39. The topological polar surface area (TPSA) is 12.9 Å². The van der Waals surface area contributed by atoms with Crippen LogP contribution in [-0.4, -0.2) is 4.98 Å². The Labute approximate surface area is 82.6 Å². The Bertz CT molecular complexity index is 140. The Morgan fingerprint density at radius 2 is 1.67 bits per heavy atom. The van der Waals surface area contributed by atoms with Gasteiger partial charge < -0.3 is 0 Å². The van der Waals surface area contributed by atoms with Crippen LogP contribution >= 0.6 is 12.6 Å². The second kappa shape index (κ2) is 16.8. The Morgan fingerprint density at radius 3 is 1.83 bits per heavy atom. The zero-order valence-electron chi connectivity index (χ0n) is 7.70. The monoisotopic (exact) mass is 187 g/mol. The molecule has 0 atom stereocenters. The van der Waals surface area contributed by atoms with Gasteiger partial charge in [-0.2, -0.15) is 0 Å². The van der Waals surface area contributed by atoms with Gasteiger partial charge in [0.1, 0.15) is 0 Å². The maximum absolute atomic E-state index is 4.02. The lowest BCUT2D eigenvalue weighted by molar-refractivity contribution is 1.24. The fraction of sp³-hybridized carbons (Fsp3) is 0.500. The van der Waals surface area contributed by atoms with Crippen LogP contribution in [0.15, 0.2) is 29.4 Å². The number of hydrogen-bond donors (Lipinski definition) is 1. The molecule has 1 heterocycles. The van der Waals surface area contributed by atoms with E-state index in [1.807, 2.05) is 39.8 Å². The second-order valence-corrected chi connectivity index (χ2v) is 1.73. The molecule has 0 spiro atoms. The van der Waals surface area contributed by atoms with Crippen molar-refractivity contribution < 1.29 is 0 Å². The minimum atomic E-state index is 0. The van der Waals surface area contributed by atoms with E-state index in [4.69, 9.17) is 0 Å². The minimum absolute atomic E-state index is 0. The second-order valence-electron chi connectivity index (χ2n) is 1.21. The van der Waals surface area contributed by atoms with Crippen molar-refractivity contribution >= 4 is 12.6 Å². The van der Waals surface area contributed by atoms with Gasteiger partial charge in [-0.25, -0.2) is 0 Å². The molecule has 1 aromatic rings. The molecule has 2 heteroatoms.